The number of rotatable bonds is 9. The van der Waals surface area contributed by atoms with Crippen molar-refractivity contribution < 1.29 is 0 Å². The van der Waals surface area contributed by atoms with Crippen molar-refractivity contribution in [1.29, 1.82) is 0 Å². The Morgan fingerprint density at radius 3 is 2.45 bits per heavy atom. The van der Waals surface area contributed by atoms with E-state index in [1.165, 1.54) is 25.7 Å². The molecule has 1 heterocycles. The lowest BCUT2D eigenvalue weighted by Crippen LogP contribution is -2.36. The maximum atomic E-state index is 6.47. The Balaban J connectivity index is 2.84. The molecule has 0 fully saturated rings. The highest BCUT2D eigenvalue weighted by molar-refractivity contribution is 6.31. The minimum absolute atomic E-state index is 0.476. The summed E-state index contributed by atoms with van der Waals surface area (Å²) in [5.74, 6) is 0.705. The molecule has 0 aromatic carbocycles. The van der Waals surface area contributed by atoms with E-state index in [1.807, 2.05) is 11.7 Å². The summed E-state index contributed by atoms with van der Waals surface area (Å²) in [4.78, 5) is 0. The van der Waals surface area contributed by atoms with Crippen LogP contribution in [-0.2, 0) is 19.9 Å². The Kier molecular flexibility index (Phi) is 7.60. The summed E-state index contributed by atoms with van der Waals surface area (Å²) in [5, 5.41) is 8.87. The standard InChI is InChI=1S/C16H30ClN3/c1-6-9-10-12(7-2)14(18-4)11-15-16(17)13(8-3)19-20(15)5/h12,14,18H,6-11H2,1-5H3. The van der Waals surface area contributed by atoms with Crippen LogP contribution >= 0.6 is 11.6 Å². The first-order valence-corrected chi connectivity index (χ1v) is 8.34. The van der Waals surface area contributed by atoms with Gasteiger partial charge in [-0.15, -0.1) is 0 Å². The average Bonchev–Trinajstić information content (AvgIpc) is 2.73. The van der Waals surface area contributed by atoms with Gasteiger partial charge in [-0.3, -0.25) is 4.68 Å². The predicted octanol–water partition coefficient (Wildman–Crippen LogP) is 3.98. The first-order valence-electron chi connectivity index (χ1n) is 7.96. The minimum Gasteiger partial charge on any atom is -0.316 e. The number of likely N-dealkylation sites (N-methyl/N-ethyl adjacent to an activating group) is 1. The highest BCUT2D eigenvalue weighted by Crippen LogP contribution is 2.26. The van der Waals surface area contributed by atoms with Gasteiger partial charge in [0, 0.05) is 19.5 Å². The number of aryl methyl sites for hydroxylation is 2. The fourth-order valence-corrected chi connectivity index (χ4v) is 3.28. The molecule has 20 heavy (non-hydrogen) atoms. The molecule has 0 aliphatic heterocycles. The average molecular weight is 300 g/mol. The van der Waals surface area contributed by atoms with Crippen molar-refractivity contribution in [2.75, 3.05) is 7.05 Å². The van der Waals surface area contributed by atoms with E-state index in [0.29, 0.717) is 12.0 Å². The first kappa shape index (κ1) is 17.5. The van der Waals surface area contributed by atoms with Gasteiger partial charge in [0.1, 0.15) is 0 Å². The lowest BCUT2D eigenvalue weighted by Gasteiger charge is -2.26. The molecule has 0 radical (unpaired) electrons. The van der Waals surface area contributed by atoms with E-state index in [1.54, 1.807) is 0 Å². The van der Waals surface area contributed by atoms with E-state index >= 15 is 0 Å². The summed E-state index contributed by atoms with van der Waals surface area (Å²) >= 11 is 6.47. The first-order chi connectivity index (χ1) is 9.58. The number of nitrogens with zero attached hydrogens (tertiary/aromatic N) is 2. The van der Waals surface area contributed by atoms with Gasteiger partial charge in [-0.2, -0.15) is 5.10 Å². The third kappa shape index (κ3) is 4.23. The van der Waals surface area contributed by atoms with Gasteiger partial charge in [0.15, 0.2) is 0 Å². The van der Waals surface area contributed by atoms with Gasteiger partial charge >= 0.3 is 0 Å². The zero-order valence-electron chi connectivity index (χ0n) is 13.7. The van der Waals surface area contributed by atoms with Gasteiger partial charge < -0.3 is 5.32 Å². The van der Waals surface area contributed by atoms with Crippen LogP contribution in [0.25, 0.3) is 0 Å². The van der Waals surface area contributed by atoms with Gasteiger partial charge in [0.2, 0.25) is 0 Å². The number of hydrogen-bond donors (Lipinski definition) is 1. The molecule has 3 nitrogen and oxygen atoms in total. The third-order valence-electron chi connectivity index (χ3n) is 4.31. The van der Waals surface area contributed by atoms with Gasteiger partial charge in [0.05, 0.1) is 16.4 Å². The van der Waals surface area contributed by atoms with Crippen LogP contribution in [0.5, 0.6) is 0 Å². The van der Waals surface area contributed by atoms with Crippen molar-refractivity contribution in [3.05, 3.63) is 16.4 Å². The van der Waals surface area contributed by atoms with Crippen LogP contribution < -0.4 is 5.32 Å². The minimum atomic E-state index is 0.476. The maximum Gasteiger partial charge on any atom is 0.0850 e. The van der Waals surface area contributed by atoms with Crippen molar-refractivity contribution in [2.45, 2.75) is 65.3 Å². The monoisotopic (exact) mass is 299 g/mol. The Labute approximate surface area is 129 Å². The molecule has 1 N–H and O–H groups in total. The van der Waals surface area contributed by atoms with Crippen LogP contribution in [0, 0.1) is 5.92 Å². The Bertz CT molecular complexity index is 401. The summed E-state index contributed by atoms with van der Waals surface area (Å²) in [6.07, 6.45) is 6.91. The Hall–Kier alpha value is -0.540. The van der Waals surface area contributed by atoms with Gasteiger partial charge in [0.25, 0.3) is 0 Å². The zero-order valence-corrected chi connectivity index (χ0v) is 14.4. The second-order valence-corrected chi connectivity index (χ2v) is 5.97. The van der Waals surface area contributed by atoms with Crippen LogP contribution in [0.3, 0.4) is 0 Å². The molecule has 116 valence electrons. The molecule has 4 heteroatoms. The molecule has 1 rings (SSSR count). The number of nitrogens with one attached hydrogen (secondary N) is 1. The fraction of sp³-hybridized carbons (Fsp3) is 0.812. The van der Waals surface area contributed by atoms with E-state index in [0.717, 1.165) is 29.3 Å². The van der Waals surface area contributed by atoms with Gasteiger partial charge in [-0.05, 0) is 25.8 Å². The molecule has 0 bridgehead atoms. The quantitative estimate of drug-likeness (QED) is 0.747. The van der Waals surface area contributed by atoms with Crippen molar-refractivity contribution in [3.63, 3.8) is 0 Å². The molecule has 0 aliphatic rings. The molecule has 0 aliphatic carbocycles. The van der Waals surface area contributed by atoms with E-state index in [2.05, 4.69) is 38.2 Å². The Morgan fingerprint density at radius 2 is 2.00 bits per heavy atom. The van der Waals surface area contributed by atoms with E-state index in [9.17, 15) is 0 Å². The van der Waals surface area contributed by atoms with Crippen LogP contribution in [0.15, 0.2) is 0 Å². The predicted molar refractivity (Wildman–Crippen MR) is 87.5 cm³/mol. The summed E-state index contributed by atoms with van der Waals surface area (Å²) in [6.45, 7) is 6.64. The van der Waals surface area contributed by atoms with Gasteiger partial charge in [-0.1, -0.05) is 51.6 Å². The van der Waals surface area contributed by atoms with Gasteiger partial charge in [-0.25, -0.2) is 0 Å². The number of hydrogen-bond acceptors (Lipinski definition) is 2. The van der Waals surface area contributed by atoms with Crippen LogP contribution in [0.2, 0.25) is 5.02 Å². The second-order valence-electron chi connectivity index (χ2n) is 5.59. The molecule has 0 amide bonds. The molecule has 0 saturated heterocycles. The zero-order chi connectivity index (χ0) is 15.1. The smallest absolute Gasteiger partial charge is 0.0850 e. The topological polar surface area (TPSA) is 29.9 Å². The number of halogens is 1. The van der Waals surface area contributed by atoms with Crippen molar-refractivity contribution >= 4 is 11.6 Å². The molecule has 1 aromatic heterocycles. The molecule has 0 saturated carbocycles. The van der Waals surface area contributed by atoms with E-state index < -0.39 is 0 Å². The van der Waals surface area contributed by atoms with Crippen LogP contribution in [0.4, 0.5) is 0 Å². The summed E-state index contributed by atoms with van der Waals surface area (Å²) in [5.41, 5.74) is 2.18. The Morgan fingerprint density at radius 1 is 1.30 bits per heavy atom. The summed E-state index contributed by atoms with van der Waals surface area (Å²) in [6, 6.07) is 0.476. The fourth-order valence-electron chi connectivity index (χ4n) is 2.91. The molecule has 2 atom stereocenters. The third-order valence-corrected chi connectivity index (χ3v) is 4.75. The van der Waals surface area contributed by atoms with Crippen molar-refractivity contribution in [3.8, 4) is 0 Å². The largest absolute Gasteiger partial charge is 0.316 e. The lowest BCUT2D eigenvalue weighted by molar-refractivity contribution is 0.326. The SMILES string of the molecule is CCCCC(CC)C(Cc1c(Cl)c(CC)nn1C)NC. The lowest BCUT2D eigenvalue weighted by atomic mass is 9.88. The number of unbranched alkanes of at least 4 members (excludes halogenated alkanes) is 1. The van der Waals surface area contributed by atoms with Crippen molar-refractivity contribution in [1.82, 2.24) is 15.1 Å². The van der Waals surface area contributed by atoms with Crippen LogP contribution in [0.1, 0.15) is 57.8 Å². The van der Waals surface area contributed by atoms with Crippen molar-refractivity contribution in [2.24, 2.45) is 13.0 Å². The molecule has 1 aromatic rings. The van der Waals surface area contributed by atoms with E-state index in [-0.39, 0.29) is 0 Å². The molecule has 2 unspecified atom stereocenters. The summed E-state index contributed by atoms with van der Waals surface area (Å²) in [7, 11) is 4.06. The van der Waals surface area contributed by atoms with Crippen LogP contribution in [-0.4, -0.2) is 22.9 Å². The highest BCUT2D eigenvalue weighted by Gasteiger charge is 2.22. The molecular weight excluding hydrogens is 270 g/mol. The normalized spacial score (nSPS) is 14.5. The second kappa shape index (κ2) is 8.68. The number of aromatic nitrogens is 2. The molecular formula is C16H30ClN3. The maximum absolute atomic E-state index is 6.47. The summed E-state index contributed by atoms with van der Waals surface area (Å²) < 4.78 is 1.96. The molecule has 0 spiro atoms. The highest BCUT2D eigenvalue weighted by atomic mass is 35.5. The van der Waals surface area contributed by atoms with E-state index in [4.69, 9.17) is 11.6 Å².